The van der Waals surface area contributed by atoms with Crippen LogP contribution in [-0.4, -0.2) is 23.5 Å². The van der Waals surface area contributed by atoms with Gasteiger partial charge in [-0.05, 0) is 48.7 Å². The first-order chi connectivity index (χ1) is 14.3. The quantitative estimate of drug-likeness (QED) is 0.735. The predicted octanol–water partition coefficient (Wildman–Crippen LogP) is 3.49. The molecular weight excluding hydrogens is 390 g/mol. The van der Waals surface area contributed by atoms with Gasteiger partial charge < -0.3 is 10.5 Å². The smallest absolute Gasteiger partial charge is 0.288 e. The van der Waals surface area contributed by atoms with E-state index in [9.17, 15) is 13.6 Å². The van der Waals surface area contributed by atoms with E-state index in [4.69, 9.17) is 15.7 Å². The summed E-state index contributed by atoms with van der Waals surface area (Å²) < 4.78 is 32.7. The van der Waals surface area contributed by atoms with E-state index in [1.807, 2.05) is 13.0 Å². The molecule has 0 saturated carbocycles. The maximum atomic E-state index is 14.6. The van der Waals surface area contributed by atoms with Gasteiger partial charge in [0.1, 0.15) is 35.6 Å². The minimum absolute atomic E-state index is 0.0232. The number of nitriles is 1. The summed E-state index contributed by atoms with van der Waals surface area (Å²) in [4.78, 5) is 21.1. The number of aliphatic imine (C=N–C) groups is 1. The molecule has 2 heterocycles. The molecule has 0 aliphatic carbocycles. The predicted molar refractivity (Wildman–Crippen MR) is 107 cm³/mol. The molecule has 2 N–H and O–H groups in total. The van der Waals surface area contributed by atoms with Crippen LogP contribution < -0.4 is 5.73 Å². The second-order valence-corrected chi connectivity index (χ2v) is 7.06. The molecule has 154 valence electrons. The number of carbonyl (C=O) groups is 1. The molecule has 0 radical (unpaired) electrons. The molecule has 1 aromatic heterocycles. The molecule has 1 aromatic carbocycles. The summed E-state index contributed by atoms with van der Waals surface area (Å²) in [7, 11) is 0. The van der Waals surface area contributed by atoms with Gasteiger partial charge in [-0.15, -0.1) is 0 Å². The van der Waals surface area contributed by atoms with Crippen molar-refractivity contribution in [2.24, 2.45) is 10.7 Å². The third-order valence-electron chi connectivity index (χ3n) is 4.83. The fourth-order valence-corrected chi connectivity index (χ4v) is 3.40. The van der Waals surface area contributed by atoms with E-state index < -0.39 is 18.0 Å². The largest absolute Gasteiger partial charge is 0.428 e. The Bertz CT molecular complexity index is 1100. The van der Waals surface area contributed by atoms with Crippen molar-refractivity contribution in [3.63, 3.8) is 0 Å². The zero-order valence-electron chi connectivity index (χ0n) is 16.6. The molecule has 0 saturated heterocycles. The summed E-state index contributed by atoms with van der Waals surface area (Å²) >= 11 is 0. The van der Waals surface area contributed by atoms with Gasteiger partial charge in [0.15, 0.2) is 5.78 Å². The molecule has 0 bridgehead atoms. The van der Waals surface area contributed by atoms with Crippen LogP contribution >= 0.6 is 0 Å². The van der Waals surface area contributed by atoms with Crippen molar-refractivity contribution in [2.75, 3.05) is 6.67 Å². The Morgan fingerprint density at radius 3 is 2.80 bits per heavy atom. The Morgan fingerprint density at radius 2 is 2.13 bits per heavy atom. The van der Waals surface area contributed by atoms with Crippen LogP contribution in [0.15, 0.2) is 47.3 Å². The number of allylic oxidation sites excluding steroid dienone is 1. The number of ketones is 1. The van der Waals surface area contributed by atoms with Crippen molar-refractivity contribution in [2.45, 2.75) is 32.2 Å². The Morgan fingerprint density at radius 1 is 1.37 bits per heavy atom. The first kappa shape index (κ1) is 21.1. The van der Waals surface area contributed by atoms with E-state index in [0.29, 0.717) is 23.1 Å². The lowest BCUT2D eigenvalue weighted by Gasteiger charge is -2.28. The van der Waals surface area contributed by atoms with Gasteiger partial charge in [0.25, 0.3) is 6.02 Å². The summed E-state index contributed by atoms with van der Waals surface area (Å²) in [5.41, 5.74) is 6.38. The zero-order valence-corrected chi connectivity index (χ0v) is 16.6. The van der Waals surface area contributed by atoms with Gasteiger partial charge in [-0.25, -0.2) is 13.8 Å². The highest BCUT2D eigenvalue weighted by atomic mass is 19.1. The molecule has 0 fully saturated rings. The first-order valence-corrected chi connectivity index (χ1v) is 9.31. The van der Waals surface area contributed by atoms with E-state index in [0.717, 1.165) is 0 Å². The van der Waals surface area contributed by atoms with Crippen LogP contribution in [0.1, 0.15) is 46.6 Å². The maximum absolute atomic E-state index is 14.6. The average molecular weight is 410 g/mol. The van der Waals surface area contributed by atoms with Crippen LogP contribution in [0.25, 0.3) is 0 Å². The van der Waals surface area contributed by atoms with Gasteiger partial charge in [-0.3, -0.25) is 9.78 Å². The van der Waals surface area contributed by atoms with Crippen molar-refractivity contribution >= 4 is 11.8 Å². The molecule has 0 amide bonds. The van der Waals surface area contributed by atoms with Crippen LogP contribution in [0.3, 0.4) is 0 Å². The minimum atomic E-state index is -1.27. The van der Waals surface area contributed by atoms with Crippen LogP contribution in [0.4, 0.5) is 8.78 Å². The van der Waals surface area contributed by atoms with Crippen molar-refractivity contribution < 1.29 is 18.3 Å². The summed E-state index contributed by atoms with van der Waals surface area (Å²) in [6.45, 7) is 2.54. The van der Waals surface area contributed by atoms with E-state index in [2.05, 4.69) is 9.98 Å². The lowest BCUT2D eigenvalue weighted by Crippen LogP contribution is -2.31. The zero-order chi connectivity index (χ0) is 21.9. The number of benzene rings is 1. The normalized spacial score (nSPS) is 18.1. The number of carbonyl (C=O) groups excluding carboxylic acids is 1. The van der Waals surface area contributed by atoms with E-state index in [1.165, 1.54) is 30.5 Å². The second kappa shape index (κ2) is 8.41. The van der Waals surface area contributed by atoms with Crippen molar-refractivity contribution in [1.29, 1.82) is 5.26 Å². The Labute approximate surface area is 172 Å². The van der Waals surface area contributed by atoms with E-state index >= 15 is 0 Å². The van der Waals surface area contributed by atoms with E-state index in [-0.39, 0.29) is 35.2 Å². The van der Waals surface area contributed by atoms with Gasteiger partial charge in [0, 0.05) is 18.2 Å². The van der Waals surface area contributed by atoms with Gasteiger partial charge in [-0.1, -0.05) is 13.0 Å². The molecule has 6 nitrogen and oxygen atoms in total. The monoisotopic (exact) mass is 410 g/mol. The number of pyridine rings is 1. The van der Waals surface area contributed by atoms with Crippen molar-refractivity contribution in [1.82, 2.24) is 4.98 Å². The lowest BCUT2D eigenvalue weighted by molar-refractivity contribution is 0.0987. The van der Waals surface area contributed by atoms with Crippen molar-refractivity contribution in [3.05, 3.63) is 76.1 Å². The molecule has 1 aliphatic rings. The number of hydrogen-bond donors (Lipinski definition) is 1. The second-order valence-electron chi connectivity index (χ2n) is 7.06. The molecular formula is C22H20F2N4O2. The number of Topliss-reactive ketones (excluding diaryl/α,β-unsaturated/α-hetero) is 1. The topological polar surface area (TPSA) is 101 Å². The summed E-state index contributed by atoms with van der Waals surface area (Å²) in [6, 6.07) is 7.63. The number of halogens is 2. The number of amidine groups is 1. The molecule has 30 heavy (non-hydrogen) atoms. The third-order valence-corrected chi connectivity index (χ3v) is 4.83. The Hall–Kier alpha value is -3.60. The molecule has 2 aromatic rings. The summed E-state index contributed by atoms with van der Waals surface area (Å²) in [5.74, 6) is -0.873. The Balaban J connectivity index is 1.95. The van der Waals surface area contributed by atoms with Gasteiger partial charge in [0.05, 0.1) is 5.56 Å². The molecule has 8 heteroatoms. The van der Waals surface area contributed by atoms with Crippen LogP contribution in [0, 0.1) is 17.1 Å². The standard InChI is InChI=1S/C22H20F2N4O2/c1-3-15-6-14(11-25)12-27-20(15)19(29)8-13-4-5-18(24)17(7-13)22(2)9-16(10-23)30-21(26)28-22/h4-7,9,12H,3,8,10H2,1-2H3,(H2,26,28)/t22-/m0/s1. The fourth-order valence-electron chi connectivity index (χ4n) is 3.40. The number of rotatable bonds is 6. The SMILES string of the molecule is CCc1cc(C#N)cnc1C(=O)Cc1ccc(F)c([C@]2(C)C=C(CF)OC(N)=N2)c1. The Kier molecular flexibility index (Phi) is 5.92. The van der Waals surface area contributed by atoms with E-state index in [1.54, 1.807) is 13.0 Å². The molecule has 1 atom stereocenters. The fraction of sp³-hybridized carbons (Fsp3) is 0.273. The number of aromatic nitrogens is 1. The highest BCUT2D eigenvalue weighted by Crippen LogP contribution is 2.34. The summed E-state index contributed by atoms with van der Waals surface area (Å²) in [5, 5.41) is 9.02. The molecule has 0 spiro atoms. The number of nitrogens with zero attached hydrogens (tertiary/aromatic N) is 3. The number of ether oxygens (including phenoxy) is 1. The summed E-state index contributed by atoms with van der Waals surface area (Å²) in [6.07, 6.45) is 3.24. The molecule has 0 unspecified atom stereocenters. The van der Waals surface area contributed by atoms with Gasteiger partial charge >= 0.3 is 0 Å². The lowest BCUT2D eigenvalue weighted by atomic mass is 9.88. The van der Waals surface area contributed by atoms with Crippen LogP contribution in [-0.2, 0) is 23.1 Å². The van der Waals surface area contributed by atoms with Gasteiger partial charge in [0.2, 0.25) is 0 Å². The highest BCUT2D eigenvalue weighted by Gasteiger charge is 2.32. The number of nitrogens with two attached hydrogens (primary N) is 1. The van der Waals surface area contributed by atoms with Crippen LogP contribution in [0.5, 0.6) is 0 Å². The first-order valence-electron chi connectivity index (χ1n) is 9.31. The molecule has 1 aliphatic heterocycles. The highest BCUT2D eigenvalue weighted by molar-refractivity contribution is 5.97. The number of hydrogen-bond acceptors (Lipinski definition) is 6. The van der Waals surface area contributed by atoms with Gasteiger partial charge in [-0.2, -0.15) is 5.26 Å². The third kappa shape index (κ3) is 4.20. The van der Waals surface area contributed by atoms with Crippen LogP contribution in [0.2, 0.25) is 0 Å². The maximum Gasteiger partial charge on any atom is 0.288 e. The number of aryl methyl sites for hydroxylation is 1. The number of alkyl halides is 1. The molecule has 3 rings (SSSR count). The average Bonchev–Trinajstić information content (AvgIpc) is 2.73. The minimum Gasteiger partial charge on any atom is -0.428 e. The van der Waals surface area contributed by atoms with Crippen molar-refractivity contribution in [3.8, 4) is 6.07 Å².